The fraction of sp³-hybridized carbons (Fsp3) is 0.833. The van der Waals surface area contributed by atoms with E-state index in [1.165, 1.54) is 0 Å². The van der Waals surface area contributed by atoms with Crippen LogP contribution in [-0.4, -0.2) is 55.6 Å². The van der Waals surface area contributed by atoms with Crippen molar-refractivity contribution in [1.29, 1.82) is 0 Å². The highest BCUT2D eigenvalue weighted by Gasteiger charge is 2.47. The zero-order valence-corrected chi connectivity index (χ0v) is 11.0. The summed E-state index contributed by atoms with van der Waals surface area (Å²) in [4.78, 5) is 25.9. The summed E-state index contributed by atoms with van der Waals surface area (Å²) in [5.41, 5.74) is 4.67. The van der Waals surface area contributed by atoms with Crippen molar-refractivity contribution in [2.45, 2.75) is 25.3 Å². The Labute approximate surface area is 107 Å². The number of likely N-dealkylation sites (tertiary alicyclic amines) is 1. The fourth-order valence-electron chi connectivity index (χ4n) is 2.69. The minimum Gasteiger partial charge on any atom is -0.379 e. The number of ether oxygens (including phenoxy) is 1. The Morgan fingerprint density at radius 2 is 2.11 bits per heavy atom. The third kappa shape index (κ3) is 2.10. The second-order valence-corrected chi connectivity index (χ2v) is 5.58. The molecule has 2 saturated heterocycles. The second-order valence-electron chi connectivity index (χ2n) is 5.58. The summed E-state index contributed by atoms with van der Waals surface area (Å²) in [6, 6.07) is 0. The second kappa shape index (κ2) is 4.51. The number of carbonyl (C=O) groups excluding carboxylic acids is 2. The largest absolute Gasteiger partial charge is 0.379 e. The van der Waals surface area contributed by atoms with Crippen LogP contribution in [0.1, 0.15) is 19.8 Å². The van der Waals surface area contributed by atoms with Crippen molar-refractivity contribution in [3.8, 4) is 0 Å². The zero-order chi connectivity index (χ0) is 13.4. The van der Waals surface area contributed by atoms with Crippen LogP contribution in [0.2, 0.25) is 0 Å². The Bertz CT molecular complexity index is 366. The number of nitrogens with zero attached hydrogens (tertiary/aromatic N) is 1. The summed E-state index contributed by atoms with van der Waals surface area (Å²) in [7, 11) is 1.62. The van der Waals surface area contributed by atoms with E-state index in [1.54, 1.807) is 11.9 Å². The Hall–Kier alpha value is -1.14. The highest BCUT2D eigenvalue weighted by molar-refractivity contribution is 5.89. The lowest BCUT2D eigenvalue weighted by molar-refractivity contribution is -0.137. The third-order valence-corrected chi connectivity index (χ3v) is 4.01. The van der Waals surface area contributed by atoms with Crippen LogP contribution in [0.5, 0.6) is 0 Å². The van der Waals surface area contributed by atoms with Crippen molar-refractivity contribution in [3.05, 3.63) is 0 Å². The molecule has 18 heavy (non-hydrogen) atoms. The first-order chi connectivity index (χ1) is 8.41. The number of carbonyl (C=O) groups is 2. The Balaban J connectivity index is 2.05. The van der Waals surface area contributed by atoms with Crippen molar-refractivity contribution in [2.75, 3.05) is 33.4 Å². The van der Waals surface area contributed by atoms with Crippen molar-refractivity contribution in [3.63, 3.8) is 0 Å². The molecule has 0 aliphatic carbocycles. The predicted molar refractivity (Wildman–Crippen MR) is 65.7 cm³/mol. The van der Waals surface area contributed by atoms with Crippen LogP contribution in [0.3, 0.4) is 0 Å². The highest BCUT2D eigenvalue weighted by atomic mass is 16.5. The molecule has 0 radical (unpaired) electrons. The molecular weight excluding hydrogens is 234 g/mol. The maximum Gasteiger partial charge on any atom is 0.245 e. The molecule has 0 saturated carbocycles. The van der Waals surface area contributed by atoms with E-state index >= 15 is 0 Å². The number of amides is 2. The molecule has 3 N–H and O–H groups in total. The summed E-state index contributed by atoms with van der Waals surface area (Å²) in [5.74, 6) is -0.112. The number of nitrogens with one attached hydrogen (secondary N) is 1. The summed E-state index contributed by atoms with van der Waals surface area (Å²) in [6.45, 7) is 3.71. The van der Waals surface area contributed by atoms with E-state index in [4.69, 9.17) is 10.5 Å². The summed E-state index contributed by atoms with van der Waals surface area (Å²) in [6.07, 6.45) is 1.23. The van der Waals surface area contributed by atoms with Gasteiger partial charge in [0.15, 0.2) is 0 Å². The van der Waals surface area contributed by atoms with E-state index in [0.717, 1.165) is 0 Å². The molecule has 0 aromatic rings. The molecule has 0 aromatic heterocycles. The van der Waals surface area contributed by atoms with Crippen LogP contribution in [0.15, 0.2) is 0 Å². The average Bonchev–Trinajstić information content (AvgIpc) is 2.96. The average molecular weight is 255 g/mol. The van der Waals surface area contributed by atoms with Crippen molar-refractivity contribution >= 4 is 11.8 Å². The molecule has 2 atom stereocenters. The molecule has 2 rings (SSSR count). The minimum absolute atomic E-state index is 0.0217. The predicted octanol–water partition coefficient (Wildman–Crippen LogP) is -0.911. The standard InChI is InChI=1S/C12H21N3O3/c1-11(9(16)14-2)3-5-15(7-11)10(17)12(13)4-6-18-8-12/h3-8,13H2,1-2H3,(H,14,16). The van der Waals surface area contributed by atoms with Gasteiger partial charge < -0.3 is 20.7 Å². The number of hydrogen-bond donors (Lipinski definition) is 2. The van der Waals surface area contributed by atoms with E-state index in [1.807, 2.05) is 6.92 Å². The SMILES string of the molecule is CNC(=O)C1(C)CCN(C(=O)C2(N)CCOC2)C1. The molecule has 2 aliphatic heterocycles. The zero-order valence-electron chi connectivity index (χ0n) is 11.0. The van der Waals surface area contributed by atoms with Gasteiger partial charge >= 0.3 is 0 Å². The molecule has 2 amide bonds. The first kappa shape index (κ1) is 13.3. The molecule has 6 nitrogen and oxygen atoms in total. The van der Waals surface area contributed by atoms with Crippen LogP contribution in [0.25, 0.3) is 0 Å². The van der Waals surface area contributed by atoms with Gasteiger partial charge in [-0.2, -0.15) is 0 Å². The lowest BCUT2D eigenvalue weighted by atomic mass is 9.89. The van der Waals surface area contributed by atoms with E-state index in [2.05, 4.69) is 5.32 Å². The first-order valence-electron chi connectivity index (χ1n) is 6.29. The molecule has 0 bridgehead atoms. The number of rotatable bonds is 2. The van der Waals surface area contributed by atoms with Crippen molar-refractivity contribution in [1.82, 2.24) is 10.2 Å². The molecular formula is C12H21N3O3. The van der Waals surface area contributed by atoms with Crippen LogP contribution in [-0.2, 0) is 14.3 Å². The van der Waals surface area contributed by atoms with E-state index in [0.29, 0.717) is 32.5 Å². The summed E-state index contributed by atoms with van der Waals surface area (Å²) < 4.78 is 5.21. The fourth-order valence-corrected chi connectivity index (χ4v) is 2.69. The van der Waals surface area contributed by atoms with Crippen LogP contribution in [0, 0.1) is 5.41 Å². The lowest BCUT2D eigenvalue weighted by Gasteiger charge is -2.28. The van der Waals surface area contributed by atoms with Gasteiger partial charge in [-0.15, -0.1) is 0 Å². The van der Waals surface area contributed by atoms with Gasteiger partial charge in [-0.25, -0.2) is 0 Å². The monoisotopic (exact) mass is 255 g/mol. The Morgan fingerprint density at radius 1 is 1.39 bits per heavy atom. The molecule has 2 unspecified atom stereocenters. The maximum atomic E-state index is 12.4. The summed E-state index contributed by atoms with van der Waals surface area (Å²) >= 11 is 0. The van der Waals surface area contributed by atoms with E-state index < -0.39 is 11.0 Å². The van der Waals surface area contributed by atoms with Gasteiger partial charge in [0.05, 0.1) is 12.0 Å². The van der Waals surface area contributed by atoms with Gasteiger partial charge in [-0.1, -0.05) is 0 Å². The van der Waals surface area contributed by atoms with Gasteiger partial charge in [0.1, 0.15) is 5.54 Å². The van der Waals surface area contributed by atoms with Gasteiger partial charge in [-0.3, -0.25) is 9.59 Å². The molecule has 102 valence electrons. The quantitative estimate of drug-likeness (QED) is 0.669. The molecule has 0 aromatic carbocycles. The third-order valence-electron chi connectivity index (χ3n) is 4.01. The lowest BCUT2D eigenvalue weighted by Crippen LogP contribution is -2.56. The number of hydrogen-bond acceptors (Lipinski definition) is 4. The molecule has 2 aliphatic rings. The minimum atomic E-state index is -0.895. The molecule has 0 spiro atoms. The first-order valence-corrected chi connectivity index (χ1v) is 6.29. The van der Waals surface area contributed by atoms with Crippen molar-refractivity contribution in [2.24, 2.45) is 11.1 Å². The van der Waals surface area contributed by atoms with Gasteiger partial charge in [-0.05, 0) is 19.8 Å². The highest BCUT2D eigenvalue weighted by Crippen LogP contribution is 2.32. The van der Waals surface area contributed by atoms with E-state index in [9.17, 15) is 9.59 Å². The van der Waals surface area contributed by atoms with Crippen LogP contribution >= 0.6 is 0 Å². The topological polar surface area (TPSA) is 84.7 Å². The molecule has 2 heterocycles. The number of nitrogens with two attached hydrogens (primary N) is 1. The normalized spacial score (nSPS) is 35.8. The molecule has 6 heteroatoms. The van der Waals surface area contributed by atoms with Gasteiger partial charge in [0.25, 0.3) is 0 Å². The smallest absolute Gasteiger partial charge is 0.245 e. The Kier molecular flexibility index (Phi) is 3.33. The van der Waals surface area contributed by atoms with Gasteiger partial charge in [0, 0.05) is 26.7 Å². The van der Waals surface area contributed by atoms with Crippen LogP contribution in [0.4, 0.5) is 0 Å². The van der Waals surface area contributed by atoms with Gasteiger partial charge in [0.2, 0.25) is 11.8 Å². The van der Waals surface area contributed by atoms with E-state index in [-0.39, 0.29) is 18.4 Å². The van der Waals surface area contributed by atoms with Crippen LogP contribution < -0.4 is 11.1 Å². The summed E-state index contributed by atoms with van der Waals surface area (Å²) in [5, 5.41) is 2.65. The molecule has 2 fully saturated rings. The maximum absolute atomic E-state index is 12.4. The Morgan fingerprint density at radius 3 is 2.67 bits per heavy atom. The van der Waals surface area contributed by atoms with Crippen molar-refractivity contribution < 1.29 is 14.3 Å².